The van der Waals surface area contributed by atoms with Crippen molar-refractivity contribution in [2.75, 3.05) is 51.3 Å². The van der Waals surface area contributed by atoms with Crippen molar-refractivity contribution in [1.82, 2.24) is 15.1 Å². The van der Waals surface area contributed by atoms with Crippen molar-refractivity contribution >= 4 is 23.3 Å². The molecule has 1 N–H and O–H groups in total. The highest BCUT2D eigenvalue weighted by molar-refractivity contribution is 5.99. The van der Waals surface area contributed by atoms with Crippen molar-refractivity contribution in [2.45, 2.75) is 63.4 Å². The lowest BCUT2D eigenvalue weighted by Gasteiger charge is -2.36. The Hall–Kier alpha value is -2.49. The fraction of sp³-hybridized carbons (Fsp3) is 0.667. The molecule has 196 valence electrons. The molecule has 1 aromatic rings. The minimum absolute atomic E-state index is 0.0117. The molecule has 0 bridgehead atoms. The number of hydrogen-bond acceptors (Lipinski definition) is 7. The molecule has 4 atom stereocenters. The van der Waals surface area contributed by atoms with Crippen LogP contribution in [0.1, 0.15) is 43.5 Å². The van der Waals surface area contributed by atoms with Crippen LogP contribution in [0, 0.1) is 5.92 Å². The van der Waals surface area contributed by atoms with E-state index in [4.69, 9.17) is 9.47 Å². The van der Waals surface area contributed by atoms with E-state index >= 15 is 0 Å². The van der Waals surface area contributed by atoms with Gasteiger partial charge in [-0.3, -0.25) is 19.3 Å². The number of carbonyl (C=O) groups excluding carboxylic acids is 3. The number of likely N-dealkylation sites (tertiary alicyclic amines) is 1. The summed E-state index contributed by atoms with van der Waals surface area (Å²) in [6, 6.07) is 7.07. The van der Waals surface area contributed by atoms with Crippen molar-refractivity contribution in [1.29, 1.82) is 0 Å². The molecule has 1 aliphatic carbocycles. The van der Waals surface area contributed by atoms with Gasteiger partial charge in [-0.1, -0.05) is 13.8 Å². The molecule has 9 nitrogen and oxygen atoms in total. The van der Waals surface area contributed by atoms with E-state index in [1.807, 2.05) is 38.1 Å². The predicted molar refractivity (Wildman–Crippen MR) is 135 cm³/mol. The summed E-state index contributed by atoms with van der Waals surface area (Å²) in [5.41, 5.74) is 1.64. The van der Waals surface area contributed by atoms with Crippen LogP contribution in [0.4, 0.5) is 5.69 Å². The number of fused-ring (bicyclic) bond motifs is 1. The van der Waals surface area contributed by atoms with E-state index in [1.54, 1.807) is 12.0 Å². The van der Waals surface area contributed by atoms with E-state index in [-0.39, 0.29) is 42.8 Å². The van der Waals surface area contributed by atoms with Crippen molar-refractivity contribution in [3.63, 3.8) is 0 Å². The molecule has 0 aromatic heterocycles. The third-order valence-electron chi connectivity index (χ3n) is 7.91. The zero-order valence-electron chi connectivity index (χ0n) is 21.5. The van der Waals surface area contributed by atoms with Gasteiger partial charge in [-0.2, -0.15) is 0 Å². The average Bonchev–Trinajstić information content (AvgIpc) is 3.57. The molecular weight excluding hydrogens is 460 g/mol. The van der Waals surface area contributed by atoms with Crippen LogP contribution in [0.3, 0.4) is 0 Å². The van der Waals surface area contributed by atoms with Gasteiger partial charge in [0.2, 0.25) is 5.91 Å². The van der Waals surface area contributed by atoms with E-state index in [0.29, 0.717) is 12.0 Å². The maximum atomic E-state index is 13.6. The van der Waals surface area contributed by atoms with Crippen LogP contribution >= 0.6 is 0 Å². The zero-order valence-corrected chi connectivity index (χ0v) is 21.5. The van der Waals surface area contributed by atoms with E-state index in [9.17, 15) is 14.4 Å². The number of benzene rings is 1. The molecule has 4 fully saturated rings. The van der Waals surface area contributed by atoms with Gasteiger partial charge in [-0.05, 0) is 49.4 Å². The van der Waals surface area contributed by atoms with Gasteiger partial charge in [0.25, 0.3) is 5.91 Å². The molecule has 5 rings (SSSR count). The molecule has 0 spiro atoms. The number of ketones is 1. The minimum Gasteiger partial charge on any atom is -0.377 e. The lowest BCUT2D eigenvalue weighted by molar-refractivity contribution is -0.138. The second kappa shape index (κ2) is 10.5. The summed E-state index contributed by atoms with van der Waals surface area (Å²) in [6.07, 6.45) is 2.36. The SMILES string of the molecule is COC1CN(C(=O)[C@H](CC(C)C)NC(=O)c2ccc(N3CCN(C4CC4)CC3)cc2)C2C(=O)COC12. The van der Waals surface area contributed by atoms with Crippen LogP contribution in [0.2, 0.25) is 0 Å². The number of amides is 2. The Morgan fingerprint density at radius 3 is 2.42 bits per heavy atom. The number of ether oxygens (including phenoxy) is 2. The maximum absolute atomic E-state index is 13.6. The number of Topliss-reactive ketones (excluding diaryl/α,β-unsaturated/α-hetero) is 1. The summed E-state index contributed by atoms with van der Waals surface area (Å²) in [6.45, 7) is 8.46. The maximum Gasteiger partial charge on any atom is 0.251 e. The first-order valence-electron chi connectivity index (χ1n) is 13.2. The topological polar surface area (TPSA) is 91.4 Å². The Morgan fingerprint density at radius 2 is 1.81 bits per heavy atom. The number of piperazine rings is 1. The molecule has 1 saturated carbocycles. The zero-order chi connectivity index (χ0) is 25.4. The first-order valence-corrected chi connectivity index (χ1v) is 13.2. The lowest BCUT2D eigenvalue weighted by atomic mass is 10.0. The fourth-order valence-electron chi connectivity index (χ4n) is 5.79. The lowest BCUT2D eigenvalue weighted by Crippen LogP contribution is -2.52. The van der Waals surface area contributed by atoms with Gasteiger partial charge in [-0.15, -0.1) is 0 Å². The second-order valence-corrected chi connectivity index (χ2v) is 10.9. The Labute approximate surface area is 213 Å². The number of carbonyl (C=O) groups is 3. The quantitative estimate of drug-likeness (QED) is 0.578. The summed E-state index contributed by atoms with van der Waals surface area (Å²) in [4.78, 5) is 45.7. The van der Waals surface area contributed by atoms with Crippen LogP contribution in [-0.4, -0.2) is 104 Å². The first kappa shape index (κ1) is 25.2. The monoisotopic (exact) mass is 498 g/mol. The number of hydrogen-bond donors (Lipinski definition) is 1. The number of nitrogens with zero attached hydrogens (tertiary/aromatic N) is 3. The van der Waals surface area contributed by atoms with Crippen LogP contribution in [0.25, 0.3) is 0 Å². The number of methoxy groups -OCH3 is 1. The molecule has 36 heavy (non-hydrogen) atoms. The third kappa shape index (κ3) is 5.14. The van der Waals surface area contributed by atoms with Gasteiger partial charge in [-0.25, -0.2) is 0 Å². The van der Waals surface area contributed by atoms with E-state index in [1.165, 1.54) is 12.8 Å². The van der Waals surface area contributed by atoms with Crippen LogP contribution in [-0.2, 0) is 19.1 Å². The van der Waals surface area contributed by atoms with Gasteiger partial charge in [0.1, 0.15) is 30.9 Å². The Bertz CT molecular complexity index is 971. The Morgan fingerprint density at radius 1 is 1.11 bits per heavy atom. The van der Waals surface area contributed by atoms with Gasteiger partial charge in [0, 0.05) is 50.6 Å². The summed E-state index contributed by atoms with van der Waals surface area (Å²) in [5.74, 6) is -0.470. The number of nitrogens with one attached hydrogen (secondary N) is 1. The molecule has 3 saturated heterocycles. The highest BCUT2D eigenvalue weighted by Gasteiger charge is 2.53. The Balaban J connectivity index is 1.23. The van der Waals surface area contributed by atoms with E-state index in [2.05, 4.69) is 15.1 Å². The molecular formula is C27H38N4O5. The number of rotatable bonds is 8. The Kier molecular flexibility index (Phi) is 7.32. The smallest absolute Gasteiger partial charge is 0.251 e. The van der Waals surface area contributed by atoms with Crippen LogP contribution < -0.4 is 10.2 Å². The molecule has 1 aromatic carbocycles. The van der Waals surface area contributed by atoms with Crippen LogP contribution in [0.5, 0.6) is 0 Å². The van der Waals surface area contributed by atoms with Gasteiger partial charge < -0.3 is 24.6 Å². The molecule has 0 radical (unpaired) electrons. The van der Waals surface area contributed by atoms with E-state index in [0.717, 1.165) is 37.9 Å². The summed E-state index contributed by atoms with van der Waals surface area (Å²) < 4.78 is 11.1. The molecule has 2 amide bonds. The summed E-state index contributed by atoms with van der Waals surface area (Å²) in [5, 5.41) is 2.95. The molecule has 4 aliphatic rings. The first-order chi connectivity index (χ1) is 17.4. The highest BCUT2D eigenvalue weighted by Crippen LogP contribution is 2.31. The third-order valence-corrected chi connectivity index (χ3v) is 7.91. The summed E-state index contributed by atoms with van der Waals surface area (Å²) in [7, 11) is 1.56. The normalized spacial score (nSPS) is 27.4. The standard InChI is InChI=1S/C27H38N4O5/c1-17(2)14-21(27(34)31-15-23(35-3)25-24(31)22(32)16-36-25)28-26(33)18-4-6-19(7-5-18)29-10-12-30(13-11-29)20-8-9-20/h4-7,17,20-21,23-25H,8-16H2,1-3H3,(H,28,33)/t21-,23?,24?,25?/m0/s1. The summed E-state index contributed by atoms with van der Waals surface area (Å²) >= 11 is 0. The minimum atomic E-state index is -0.725. The molecule has 9 heteroatoms. The molecule has 3 heterocycles. The van der Waals surface area contributed by atoms with Gasteiger partial charge in [0.15, 0.2) is 5.78 Å². The van der Waals surface area contributed by atoms with Gasteiger partial charge >= 0.3 is 0 Å². The largest absolute Gasteiger partial charge is 0.377 e. The number of anilines is 1. The highest BCUT2D eigenvalue weighted by atomic mass is 16.5. The van der Waals surface area contributed by atoms with Crippen molar-refractivity contribution in [3.05, 3.63) is 29.8 Å². The fourth-order valence-corrected chi connectivity index (χ4v) is 5.79. The van der Waals surface area contributed by atoms with Crippen molar-refractivity contribution in [2.24, 2.45) is 5.92 Å². The average molecular weight is 499 g/mol. The molecule has 3 unspecified atom stereocenters. The van der Waals surface area contributed by atoms with Crippen molar-refractivity contribution < 1.29 is 23.9 Å². The van der Waals surface area contributed by atoms with Crippen LogP contribution in [0.15, 0.2) is 24.3 Å². The second-order valence-electron chi connectivity index (χ2n) is 10.9. The van der Waals surface area contributed by atoms with Gasteiger partial charge in [0.05, 0.1) is 6.54 Å². The molecule has 3 aliphatic heterocycles. The predicted octanol–water partition coefficient (Wildman–Crippen LogP) is 1.31. The van der Waals surface area contributed by atoms with E-state index < -0.39 is 18.2 Å². The van der Waals surface area contributed by atoms with Crippen molar-refractivity contribution in [3.8, 4) is 0 Å².